The molecule has 94 valence electrons. The van der Waals surface area contributed by atoms with Gasteiger partial charge in [0.2, 0.25) is 0 Å². The topological polar surface area (TPSA) is 29.5 Å². The molecule has 0 heterocycles. The Bertz CT molecular complexity index is 379. The summed E-state index contributed by atoms with van der Waals surface area (Å²) < 4.78 is 5.02. The SMILES string of the molecule is COCCN(C(=O)c1cccc(S)c1)C(C)C. The summed E-state index contributed by atoms with van der Waals surface area (Å²) in [5, 5.41) is 0. The van der Waals surface area contributed by atoms with E-state index >= 15 is 0 Å². The number of ether oxygens (including phenoxy) is 1. The fourth-order valence-corrected chi connectivity index (χ4v) is 1.81. The van der Waals surface area contributed by atoms with Crippen molar-refractivity contribution in [3.63, 3.8) is 0 Å². The number of benzene rings is 1. The zero-order valence-corrected chi connectivity index (χ0v) is 11.4. The van der Waals surface area contributed by atoms with Crippen molar-refractivity contribution in [3.05, 3.63) is 29.8 Å². The molecule has 0 aliphatic rings. The number of thiol groups is 1. The van der Waals surface area contributed by atoms with Crippen LogP contribution < -0.4 is 0 Å². The van der Waals surface area contributed by atoms with Crippen LogP contribution in [-0.4, -0.2) is 37.1 Å². The largest absolute Gasteiger partial charge is 0.383 e. The molecule has 0 saturated carbocycles. The maximum atomic E-state index is 12.3. The highest BCUT2D eigenvalue weighted by molar-refractivity contribution is 7.80. The van der Waals surface area contributed by atoms with Gasteiger partial charge in [0, 0.05) is 30.2 Å². The molecule has 1 aromatic rings. The Labute approximate surface area is 108 Å². The van der Waals surface area contributed by atoms with Gasteiger partial charge in [0.1, 0.15) is 0 Å². The van der Waals surface area contributed by atoms with Gasteiger partial charge in [-0.1, -0.05) is 6.07 Å². The Morgan fingerprint density at radius 2 is 2.18 bits per heavy atom. The normalized spacial score (nSPS) is 10.6. The molecule has 0 bridgehead atoms. The standard InChI is InChI=1S/C13H19NO2S/c1-10(2)14(7-8-16-3)13(15)11-5-4-6-12(17)9-11/h4-6,9-10,17H,7-8H2,1-3H3. The second-order valence-electron chi connectivity index (χ2n) is 4.14. The first-order valence-electron chi connectivity index (χ1n) is 5.65. The molecule has 0 aliphatic heterocycles. The Morgan fingerprint density at radius 1 is 1.47 bits per heavy atom. The predicted octanol–water partition coefficient (Wildman–Crippen LogP) is 2.47. The molecule has 4 heteroatoms. The van der Waals surface area contributed by atoms with Crippen LogP contribution in [0.2, 0.25) is 0 Å². The molecule has 17 heavy (non-hydrogen) atoms. The third-order valence-corrected chi connectivity index (χ3v) is 2.79. The van der Waals surface area contributed by atoms with Gasteiger partial charge >= 0.3 is 0 Å². The van der Waals surface area contributed by atoms with E-state index in [2.05, 4.69) is 12.6 Å². The lowest BCUT2D eigenvalue weighted by Gasteiger charge is -2.26. The van der Waals surface area contributed by atoms with E-state index in [1.54, 1.807) is 18.1 Å². The van der Waals surface area contributed by atoms with Crippen LogP contribution in [-0.2, 0) is 4.74 Å². The summed E-state index contributed by atoms with van der Waals surface area (Å²) >= 11 is 4.24. The van der Waals surface area contributed by atoms with Crippen LogP contribution in [0.1, 0.15) is 24.2 Å². The van der Waals surface area contributed by atoms with Crippen molar-refractivity contribution in [2.75, 3.05) is 20.3 Å². The van der Waals surface area contributed by atoms with Gasteiger partial charge < -0.3 is 9.64 Å². The van der Waals surface area contributed by atoms with E-state index in [-0.39, 0.29) is 11.9 Å². The van der Waals surface area contributed by atoms with Crippen molar-refractivity contribution in [2.24, 2.45) is 0 Å². The second kappa shape index (κ2) is 6.67. The van der Waals surface area contributed by atoms with Crippen LogP contribution in [0.3, 0.4) is 0 Å². The highest BCUT2D eigenvalue weighted by atomic mass is 32.1. The van der Waals surface area contributed by atoms with E-state index in [9.17, 15) is 4.79 Å². The average Bonchev–Trinajstić information content (AvgIpc) is 2.29. The van der Waals surface area contributed by atoms with Gasteiger partial charge in [-0.25, -0.2) is 0 Å². The minimum atomic E-state index is 0.0213. The van der Waals surface area contributed by atoms with Crippen LogP contribution >= 0.6 is 12.6 Å². The van der Waals surface area contributed by atoms with Gasteiger partial charge in [-0.15, -0.1) is 12.6 Å². The summed E-state index contributed by atoms with van der Waals surface area (Å²) in [6.45, 7) is 5.14. The molecule has 3 nitrogen and oxygen atoms in total. The first-order valence-corrected chi connectivity index (χ1v) is 6.10. The van der Waals surface area contributed by atoms with Crippen molar-refractivity contribution in [3.8, 4) is 0 Å². The monoisotopic (exact) mass is 253 g/mol. The van der Waals surface area contributed by atoms with Crippen LogP contribution in [0.4, 0.5) is 0 Å². The van der Waals surface area contributed by atoms with E-state index in [0.29, 0.717) is 18.7 Å². The number of methoxy groups -OCH3 is 1. The molecule has 0 aromatic heterocycles. The fourth-order valence-electron chi connectivity index (χ4n) is 1.59. The second-order valence-corrected chi connectivity index (χ2v) is 4.65. The summed E-state index contributed by atoms with van der Waals surface area (Å²) in [4.78, 5) is 14.9. The maximum Gasteiger partial charge on any atom is 0.254 e. The number of nitrogens with zero attached hydrogens (tertiary/aromatic N) is 1. The van der Waals surface area contributed by atoms with Crippen LogP contribution in [0.5, 0.6) is 0 Å². The molecule has 0 unspecified atom stereocenters. The summed E-state index contributed by atoms with van der Waals surface area (Å²) in [5.74, 6) is 0.0213. The van der Waals surface area contributed by atoms with Crippen LogP contribution in [0, 0.1) is 0 Å². The zero-order chi connectivity index (χ0) is 12.8. The molecular formula is C13H19NO2S. The highest BCUT2D eigenvalue weighted by Gasteiger charge is 2.18. The van der Waals surface area contributed by atoms with Crippen LogP contribution in [0.15, 0.2) is 29.2 Å². The molecule has 0 aliphatic carbocycles. The first kappa shape index (κ1) is 14.1. The Hall–Kier alpha value is -1.00. The van der Waals surface area contributed by atoms with Gasteiger partial charge in [-0.2, -0.15) is 0 Å². The number of carbonyl (C=O) groups excluding carboxylic acids is 1. The number of rotatable bonds is 5. The van der Waals surface area contributed by atoms with Gasteiger partial charge in [0.15, 0.2) is 0 Å². The molecule has 0 N–H and O–H groups in total. The van der Waals surface area contributed by atoms with Crippen LogP contribution in [0.25, 0.3) is 0 Å². The minimum absolute atomic E-state index is 0.0213. The highest BCUT2D eigenvalue weighted by Crippen LogP contribution is 2.13. The van der Waals surface area contributed by atoms with E-state index in [4.69, 9.17) is 4.74 Å². The molecule has 0 radical (unpaired) electrons. The van der Waals surface area contributed by atoms with Crippen molar-refractivity contribution in [1.82, 2.24) is 4.90 Å². The zero-order valence-electron chi connectivity index (χ0n) is 10.5. The summed E-state index contributed by atoms with van der Waals surface area (Å²) in [7, 11) is 1.64. The van der Waals surface area contributed by atoms with Crippen molar-refractivity contribution in [1.29, 1.82) is 0 Å². The number of hydrogen-bond donors (Lipinski definition) is 1. The molecule has 0 atom stereocenters. The molecule has 1 amide bonds. The number of hydrogen-bond acceptors (Lipinski definition) is 3. The lowest BCUT2D eigenvalue weighted by Crippen LogP contribution is -2.39. The Balaban J connectivity index is 2.84. The quantitative estimate of drug-likeness (QED) is 0.817. The average molecular weight is 253 g/mol. The Kier molecular flexibility index (Phi) is 5.51. The van der Waals surface area contributed by atoms with E-state index in [1.165, 1.54) is 0 Å². The van der Waals surface area contributed by atoms with Crippen molar-refractivity contribution >= 4 is 18.5 Å². The molecule has 0 saturated heterocycles. The fraction of sp³-hybridized carbons (Fsp3) is 0.462. The van der Waals surface area contributed by atoms with E-state index in [1.807, 2.05) is 32.0 Å². The lowest BCUT2D eigenvalue weighted by atomic mass is 10.1. The first-order chi connectivity index (χ1) is 8.06. The smallest absolute Gasteiger partial charge is 0.254 e. The molecule has 0 spiro atoms. The molecule has 1 aromatic carbocycles. The predicted molar refractivity (Wildman–Crippen MR) is 71.7 cm³/mol. The minimum Gasteiger partial charge on any atom is -0.383 e. The molecular weight excluding hydrogens is 234 g/mol. The molecule has 1 rings (SSSR count). The van der Waals surface area contributed by atoms with E-state index < -0.39 is 0 Å². The van der Waals surface area contributed by atoms with Crippen molar-refractivity contribution in [2.45, 2.75) is 24.8 Å². The maximum absolute atomic E-state index is 12.3. The van der Waals surface area contributed by atoms with Gasteiger partial charge in [-0.05, 0) is 32.0 Å². The van der Waals surface area contributed by atoms with Gasteiger partial charge in [0.25, 0.3) is 5.91 Å². The number of carbonyl (C=O) groups is 1. The third-order valence-electron chi connectivity index (χ3n) is 2.51. The number of amides is 1. The van der Waals surface area contributed by atoms with Crippen molar-refractivity contribution < 1.29 is 9.53 Å². The van der Waals surface area contributed by atoms with E-state index in [0.717, 1.165) is 4.90 Å². The lowest BCUT2D eigenvalue weighted by molar-refractivity contribution is 0.0634. The summed E-state index contributed by atoms with van der Waals surface area (Å²) in [6, 6.07) is 7.44. The Morgan fingerprint density at radius 3 is 2.71 bits per heavy atom. The van der Waals surface area contributed by atoms with Gasteiger partial charge in [0.05, 0.1) is 6.61 Å². The summed E-state index contributed by atoms with van der Waals surface area (Å²) in [6.07, 6.45) is 0. The summed E-state index contributed by atoms with van der Waals surface area (Å²) in [5.41, 5.74) is 0.669. The molecule has 0 fully saturated rings. The third kappa shape index (κ3) is 4.06. The van der Waals surface area contributed by atoms with Gasteiger partial charge in [-0.3, -0.25) is 4.79 Å².